The lowest BCUT2D eigenvalue weighted by molar-refractivity contribution is -0.112. The van der Waals surface area contributed by atoms with Gasteiger partial charge in [0.2, 0.25) is 0 Å². The van der Waals surface area contributed by atoms with Crippen molar-refractivity contribution in [2.75, 3.05) is 7.11 Å². The first-order valence-electron chi connectivity index (χ1n) is 3.78. The number of carbonyl (C=O) groups is 1. The number of rotatable bonds is 1. The van der Waals surface area contributed by atoms with Crippen LogP contribution in [0.25, 0.3) is 0 Å². The van der Waals surface area contributed by atoms with Gasteiger partial charge in [0, 0.05) is 5.56 Å². The fourth-order valence-corrected chi connectivity index (χ4v) is 0.871. The second-order valence-electron chi connectivity index (χ2n) is 2.46. The Kier molecular flexibility index (Phi) is 3.08. The van der Waals surface area contributed by atoms with Gasteiger partial charge in [-0.25, -0.2) is 4.39 Å². The van der Waals surface area contributed by atoms with Gasteiger partial charge in [0.05, 0.1) is 7.11 Å². The molecule has 0 fully saturated rings. The number of benzene rings is 1. The average molecular weight is 193 g/mol. The standard InChI is InChI=1S/C10H8FNO2/c1-14-9-6-7(2-4-8(9)11)3-5-10(12)13/h2,4,6H,1H3,(H2,12,13). The molecule has 0 spiro atoms. The van der Waals surface area contributed by atoms with Crippen LogP contribution in [0.5, 0.6) is 5.75 Å². The highest BCUT2D eigenvalue weighted by molar-refractivity contribution is 5.92. The van der Waals surface area contributed by atoms with E-state index in [4.69, 9.17) is 10.5 Å². The lowest BCUT2D eigenvalue weighted by atomic mass is 10.2. The van der Waals surface area contributed by atoms with E-state index < -0.39 is 11.7 Å². The Morgan fingerprint density at radius 1 is 1.57 bits per heavy atom. The van der Waals surface area contributed by atoms with E-state index in [1.807, 2.05) is 0 Å². The van der Waals surface area contributed by atoms with Gasteiger partial charge in [-0.05, 0) is 24.1 Å². The van der Waals surface area contributed by atoms with Gasteiger partial charge in [-0.3, -0.25) is 4.79 Å². The molecule has 1 aromatic carbocycles. The van der Waals surface area contributed by atoms with Gasteiger partial charge < -0.3 is 10.5 Å². The number of hydrogen-bond acceptors (Lipinski definition) is 2. The van der Waals surface area contributed by atoms with Crippen LogP contribution in [0.1, 0.15) is 5.56 Å². The molecule has 0 aliphatic heterocycles. The van der Waals surface area contributed by atoms with Gasteiger partial charge in [0.25, 0.3) is 5.91 Å². The van der Waals surface area contributed by atoms with Crippen LogP contribution < -0.4 is 10.5 Å². The molecule has 0 heterocycles. The molecule has 72 valence electrons. The van der Waals surface area contributed by atoms with Gasteiger partial charge in [-0.2, -0.15) is 0 Å². The fraction of sp³-hybridized carbons (Fsp3) is 0.100. The predicted octanol–water partition coefficient (Wildman–Crippen LogP) is 0.671. The number of primary amides is 1. The van der Waals surface area contributed by atoms with Crippen molar-refractivity contribution in [1.29, 1.82) is 0 Å². The smallest absolute Gasteiger partial charge is 0.293 e. The topological polar surface area (TPSA) is 52.3 Å². The molecule has 4 heteroatoms. The van der Waals surface area contributed by atoms with Crippen molar-refractivity contribution in [3.8, 4) is 17.6 Å². The molecule has 0 atom stereocenters. The quantitative estimate of drug-likeness (QED) is 0.666. The third kappa shape index (κ3) is 2.49. The first-order chi connectivity index (χ1) is 6.63. The average Bonchev–Trinajstić information content (AvgIpc) is 2.16. The second kappa shape index (κ2) is 4.28. The Morgan fingerprint density at radius 2 is 2.29 bits per heavy atom. The Morgan fingerprint density at radius 3 is 2.86 bits per heavy atom. The van der Waals surface area contributed by atoms with Gasteiger partial charge in [0.1, 0.15) is 0 Å². The van der Waals surface area contributed by atoms with Crippen molar-refractivity contribution < 1.29 is 13.9 Å². The maximum atomic E-state index is 12.9. The molecule has 0 unspecified atom stereocenters. The first kappa shape index (κ1) is 10.1. The Balaban J connectivity index is 3.03. The highest BCUT2D eigenvalue weighted by Crippen LogP contribution is 2.17. The van der Waals surface area contributed by atoms with Crippen LogP contribution in [-0.2, 0) is 4.79 Å². The lowest BCUT2D eigenvalue weighted by Crippen LogP contribution is -2.06. The summed E-state index contributed by atoms with van der Waals surface area (Å²) >= 11 is 0. The SMILES string of the molecule is COc1cc(C#CC(N)=O)ccc1F. The minimum atomic E-state index is -0.728. The summed E-state index contributed by atoms with van der Waals surface area (Å²) in [6.45, 7) is 0. The zero-order valence-corrected chi connectivity index (χ0v) is 7.50. The van der Waals surface area contributed by atoms with E-state index in [0.29, 0.717) is 5.56 Å². The molecule has 0 bridgehead atoms. The van der Waals surface area contributed by atoms with Crippen molar-refractivity contribution in [2.24, 2.45) is 5.73 Å². The Labute approximate surface area is 80.7 Å². The maximum Gasteiger partial charge on any atom is 0.293 e. The summed E-state index contributed by atoms with van der Waals surface area (Å²) < 4.78 is 17.6. The monoisotopic (exact) mass is 193 g/mol. The van der Waals surface area contributed by atoms with Crippen LogP contribution in [-0.4, -0.2) is 13.0 Å². The minimum Gasteiger partial charge on any atom is -0.494 e. The van der Waals surface area contributed by atoms with Crippen LogP contribution in [0.2, 0.25) is 0 Å². The van der Waals surface area contributed by atoms with Crippen LogP contribution in [0.3, 0.4) is 0 Å². The van der Waals surface area contributed by atoms with Crippen LogP contribution >= 0.6 is 0 Å². The van der Waals surface area contributed by atoms with E-state index in [2.05, 4.69) is 11.8 Å². The van der Waals surface area contributed by atoms with E-state index in [0.717, 1.165) is 0 Å². The summed E-state index contributed by atoms with van der Waals surface area (Å²) in [6, 6.07) is 4.04. The summed E-state index contributed by atoms with van der Waals surface area (Å²) in [5.74, 6) is 3.50. The van der Waals surface area contributed by atoms with E-state index in [1.165, 1.54) is 25.3 Å². The largest absolute Gasteiger partial charge is 0.494 e. The summed E-state index contributed by atoms with van der Waals surface area (Å²) in [6.07, 6.45) is 0. The molecule has 1 rings (SSSR count). The molecule has 0 aromatic heterocycles. The molecule has 0 aliphatic carbocycles. The number of carbonyl (C=O) groups excluding carboxylic acids is 1. The summed E-state index contributed by atoms with van der Waals surface area (Å²) in [5.41, 5.74) is 5.30. The fourth-order valence-electron chi connectivity index (χ4n) is 0.871. The van der Waals surface area contributed by atoms with E-state index in [-0.39, 0.29) is 5.75 Å². The summed E-state index contributed by atoms with van der Waals surface area (Å²) in [5, 5.41) is 0. The second-order valence-corrected chi connectivity index (χ2v) is 2.46. The zero-order chi connectivity index (χ0) is 10.6. The van der Waals surface area contributed by atoms with Crippen LogP contribution in [0.4, 0.5) is 4.39 Å². The highest BCUT2D eigenvalue weighted by atomic mass is 19.1. The number of halogens is 1. The van der Waals surface area contributed by atoms with E-state index in [9.17, 15) is 9.18 Å². The molecule has 3 nitrogen and oxygen atoms in total. The molecule has 0 saturated carbocycles. The van der Waals surface area contributed by atoms with Crippen molar-refractivity contribution in [3.63, 3.8) is 0 Å². The molecule has 14 heavy (non-hydrogen) atoms. The minimum absolute atomic E-state index is 0.0845. The third-order valence-corrected chi connectivity index (χ3v) is 1.48. The molecule has 0 aliphatic rings. The van der Waals surface area contributed by atoms with E-state index >= 15 is 0 Å². The van der Waals surface area contributed by atoms with Gasteiger partial charge >= 0.3 is 0 Å². The number of nitrogens with two attached hydrogens (primary N) is 1. The third-order valence-electron chi connectivity index (χ3n) is 1.48. The number of methoxy groups -OCH3 is 1. The van der Waals surface area contributed by atoms with Crippen molar-refractivity contribution >= 4 is 5.91 Å². The normalized spacial score (nSPS) is 8.71. The molecule has 1 amide bonds. The number of hydrogen-bond donors (Lipinski definition) is 1. The number of ether oxygens (including phenoxy) is 1. The summed E-state index contributed by atoms with van der Waals surface area (Å²) in [7, 11) is 1.35. The molecular weight excluding hydrogens is 185 g/mol. The van der Waals surface area contributed by atoms with Gasteiger partial charge in [0.15, 0.2) is 11.6 Å². The molecule has 0 radical (unpaired) electrons. The molecule has 0 saturated heterocycles. The lowest BCUT2D eigenvalue weighted by Gasteiger charge is -2.00. The summed E-state index contributed by atoms with van der Waals surface area (Å²) in [4.78, 5) is 10.3. The zero-order valence-electron chi connectivity index (χ0n) is 7.50. The Bertz CT molecular complexity index is 418. The molecule has 1 aromatic rings. The maximum absolute atomic E-state index is 12.9. The van der Waals surface area contributed by atoms with Crippen LogP contribution in [0.15, 0.2) is 18.2 Å². The van der Waals surface area contributed by atoms with Crippen molar-refractivity contribution in [2.45, 2.75) is 0 Å². The first-order valence-corrected chi connectivity index (χ1v) is 3.78. The van der Waals surface area contributed by atoms with Gasteiger partial charge in [-0.1, -0.05) is 5.92 Å². The Hall–Kier alpha value is -2.02. The number of amides is 1. The molecular formula is C10H8FNO2. The van der Waals surface area contributed by atoms with Crippen LogP contribution in [0, 0.1) is 17.7 Å². The van der Waals surface area contributed by atoms with Crippen molar-refractivity contribution in [3.05, 3.63) is 29.6 Å². The highest BCUT2D eigenvalue weighted by Gasteiger charge is 2.01. The van der Waals surface area contributed by atoms with Crippen molar-refractivity contribution in [1.82, 2.24) is 0 Å². The predicted molar refractivity (Wildman–Crippen MR) is 49.0 cm³/mol. The van der Waals surface area contributed by atoms with E-state index in [1.54, 1.807) is 0 Å². The molecule has 2 N–H and O–H groups in total. The van der Waals surface area contributed by atoms with Gasteiger partial charge in [-0.15, -0.1) is 0 Å².